The zero-order valence-electron chi connectivity index (χ0n) is 57.1. The van der Waals surface area contributed by atoms with E-state index in [4.69, 9.17) is 28.4 Å². The van der Waals surface area contributed by atoms with Gasteiger partial charge < -0.3 is 89.9 Å². The maximum atomic E-state index is 13.5. The molecule has 0 spiro atoms. The molecule has 3 fully saturated rings. The highest BCUT2D eigenvalue weighted by atomic mass is 16.8. The molecule has 3 aliphatic heterocycles. The Morgan fingerprint density at radius 1 is 0.385 bits per heavy atom. The molecule has 0 aromatic rings. The summed E-state index contributed by atoms with van der Waals surface area (Å²) in [6.45, 7) is 1.85. The van der Waals surface area contributed by atoms with Crippen molar-refractivity contribution in [2.45, 2.75) is 413 Å². The molecule has 0 saturated carbocycles. The van der Waals surface area contributed by atoms with Gasteiger partial charge >= 0.3 is 0 Å². The molecule has 0 aromatic carbocycles. The van der Waals surface area contributed by atoms with Crippen LogP contribution in [0.15, 0.2) is 12.2 Å². The number of aliphatic hydroxyl groups excluding tert-OH is 11. The van der Waals surface area contributed by atoms with Crippen LogP contribution in [0.3, 0.4) is 0 Å². The fourth-order valence-electron chi connectivity index (χ4n) is 13.0. The first-order chi connectivity index (χ1) is 44.3. The molecule has 17 atom stereocenters. The summed E-state index contributed by atoms with van der Waals surface area (Å²) in [5.74, 6) is -0.236. The van der Waals surface area contributed by atoms with Gasteiger partial charge in [0.2, 0.25) is 5.91 Å². The molecule has 1 amide bonds. The van der Waals surface area contributed by atoms with Gasteiger partial charge in [-0.15, -0.1) is 0 Å². The van der Waals surface area contributed by atoms with Crippen LogP contribution in [-0.4, -0.2) is 193 Å². The third-order valence-corrected chi connectivity index (χ3v) is 19.1. The molecule has 0 aromatic heterocycles. The van der Waals surface area contributed by atoms with Crippen molar-refractivity contribution < 1.29 is 89.4 Å². The molecule has 3 aliphatic rings. The summed E-state index contributed by atoms with van der Waals surface area (Å²) < 4.78 is 34.5. The van der Waals surface area contributed by atoms with Crippen molar-refractivity contribution in [3.8, 4) is 0 Å². The average molecular weight is 1300 g/mol. The van der Waals surface area contributed by atoms with E-state index in [-0.39, 0.29) is 18.9 Å². The highest BCUT2D eigenvalue weighted by molar-refractivity contribution is 5.76. The number of hydrogen-bond donors (Lipinski definition) is 12. The van der Waals surface area contributed by atoms with E-state index < -0.39 is 124 Å². The Morgan fingerprint density at radius 2 is 0.692 bits per heavy atom. The topological polar surface area (TPSA) is 307 Å². The smallest absolute Gasteiger partial charge is 0.220 e. The summed E-state index contributed by atoms with van der Waals surface area (Å²) in [6.07, 6.45) is 34.3. The fraction of sp³-hybridized carbons (Fsp3) is 0.958. The van der Waals surface area contributed by atoms with Crippen molar-refractivity contribution >= 4 is 5.91 Å². The van der Waals surface area contributed by atoms with Crippen LogP contribution in [-0.2, 0) is 33.2 Å². The number of rotatable bonds is 59. The van der Waals surface area contributed by atoms with Crippen LogP contribution in [0.25, 0.3) is 0 Å². The molecule has 0 radical (unpaired) electrons. The number of amides is 1. The maximum Gasteiger partial charge on any atom is 0.220 e. The third kappa shape index (κ3) is 36.1. The lowest BCUT2D eigenvalue weighted by Crippen LogP contribution is -2.66. The van der Waals surface area contributed by atoms with Gasteiger partial charge in [0.1, 0.15) is 73.2 Å². The second-order valence-electron chi connectivity index (χ2n) is 27.1. The van der Waals surface area contributed by atoms with E-state index in [2.05, 4.69) is 31.3 Å². The molecule has 91 heavy (non-hydrogen) atoms. The number of allylic oxidation sites excluding steroid dienone is 2. The molecule has 3 rings (SSSR count). The molecular weight excluding hydrogens is 1170 g/mol. The van der Waals surface area contributed by atoms with Crippen molar-refractivity contribution in [1.29, 1.82) is 0 Å². The van der Waals surface area contributed by atoms with E-state index in [9.17, 15) is 61.0 Å². The molecule has 3 heterocycles. The minimum Gasteiger partial charge on any atom is -0.394 e. The van der Waals surface area contributed by atoms with Gasteiger partial charge in [0, 0.05) is 6.42 Å². The van der Waals surface area contributed by atoms with Crippen molar-refractivity contribution in [2.75, 3.05) is 26.4 Å². The van der Waals surface area contributed by atoms with Crippen LogP contribution in [0.4, 0.5) is 0 Å². The van der Waals surface area contributed by atoms with Crippen LogP contribution >= 0.6 is 0 Å². The Labute approximate surface area is 550 Å². The second-order valence-corrected chi connectivity index (χ2v) is 27.1. The third-order valence-electron chi connectivity index (χ3n) is 19.1. The summed E-state index contributed by atoms with van der Waals surface area (Å²) in [7, 11) is 0. The summed E-state index contributed by atoms with van der Waals surface area (Å²) in [4.78, 5) is 13.5. The quantitative estimate of drug-likeness (QED) is 0.0199. The van der Waals surface area contributed by atoms with Crippen molar-refractivity contribution in [2.24, 2.45) is 0 Å². The van der Waals surface area contributed by atoms with Crippen LogP contribution < -0.4 is 5.32 Å². The van der Waals surface area contributed by atoms with E-state index in [1.807, 2.05) is 0 Å². The number of hydrogen-bond acceptors (Lipinski definition) is 18. The van der Waals surface area contributed by atoms with Crippen LogP contribution in [0, 0.1) is 0 Å². The van der Waals surface area contributed by atoms with Crippen LogP contribution in [0.1, 0.15) is 309 Å². The molecule has 17 unspecified atom stereocenters. The number of carbonyl (C=O) groups is 1. The largest absolute Gasteiger partial charge is 0.394 e. The number of unbranched alkanes of at least 4 members (excludes halogenated alkanes) is 41. The lowest BCUT2D eigenvalue weighted by atomic mass is 9.96. The normalized spacial score (nSPS) is 27.9. The van der Waals surface area contributed by atoms with Gasteiger partial charge in [0.15, 0.2) is 18.9 Å². The first-order valence-corrected chi connectivity index (χ1v) is 37.4. The predicted octanol–water partition coefficient (Wildman–Crippen LogP) is 10.8. The molecule has 0 aliphatic carbocycles. The van der Waals surface area contributed by atoms with Gasteiger partial charge in [0.25, 0.3) is 0 Å². The lowest BCUT2D eigenvalue weighted by Gasteiger charge is -2.48. The molecule has 19 heteroatoms. The Morgan fingerprint density at radius 3 is 1.07 bits per heavy atom. The van der Waals surface area contributed by atoms with Gasteiger partial charge in [-0.3, -0.25) is 4.79 Å². The van der Waals surface area contributed by atoms with E-state index >= 15 is 0 Å². The molecule has 12 N–H and O–H groups in total. The highest BCUT2D eigenvalue weighted by Crippen LogP contribution is 2.33. The number of aliphatic hydroxyl groups is 11. The predicted molar refractivity (Wildman–Crippen MR) is 356 cm³/mol. The summed E-state index contributed by atoms with van der Waals surface area (Å²) >= 11 is 0. The van der Waals surface area contributed by atoms with Gasteiger partial charge in [-0.25, -0.2) is 0 Å². The zero-order chi connectivity index (χ0) is 66.1. The van der Waals surface area contributed by atoms with Crippen LogP contribution in [0.5, 0.6) is 0 Å². The zero-order valence-corrected chi connectivity index (χ0v) is 57.1. The lowest BCUT2D eigenvalue weighted by molar-refractivity contribution is -0.379. The first-order valence-electron chi connectivity index (χ1n) is 37.4. The monoisotopic (exact) mass is 1300 g/mol. The van der Waals surface area contributed by atoms with Crippen LogP contribution in [0.2, 0.25) is 0 Å². The molecule has 19 nitrogen and oxygen atoms in total. The molecular formula is C72H137NO18. The van der Waals surface area contributed by atoms with Gasteiger partial charge in [0.05, 0.1) is 38.6 Å². The van der Waals surface area contributed by atoms with E-state index in [1.54, 1.807) is 0 Å². The Balaban J connectivity index is 1.39. The number of ether oxygens (including phenoxy) is 6. The maximum absolute atomic E-state index is 13.5. The first kappa shape index (κ1) is 83.8. The summed E-state index contributed by atoms with van der Waals surface area (Å²) in [5, 5.41) is 121. The SMILES string of the molecule is CCCCCCCCCC/C=C\CCCCCCCCCCCCCCCCCC(=O)NC(COC1OC(CO)C(OC2OC(CO)C(OC3OC(CO)C(O)C(O)C3O)C(O)C2O)C(O)C1O)C(O)CCCCCCCCCCCCCCCCCCCCC. The number of nitrogens with one attached hydrogen (secondary N) is 1. The summed E-state index contributed by atoms with van der Waals surface area (Å²) in [6, 6.07) is -0.884. The Kier molecular flexibility index (Phi) is 50.2. The second kappa shape index (κ2) is 54.5. The molecule has 0 bridgehead atoms. The molecule has 538 valence electrons. The van der Waals surface area contributed by atoms with Crippen molar-refractivity contribution in [3.63, 3.8) is 0 Å². The van der Waals surface area contributed by atoms with E-state index in [0.29, 0.717) is 12.8 Å². The van der Waals surface area contributed by atoms with Crippen molar-refractivity contribution in [3.05, 3.63) is 12.2 Å². The van der Waals surface area contributed by atoms with E-state index in [1.165, 1.54) is 231 Å². The standard InChI is InChI=1S/C72H137NO18/c1-3-5-7-9-11-13-15-17-19-21-23-24-25-26-27-28-29-30-32-34-36-38-40-42-44-46-48-50-60(78)73-55(56(77)49-47-45-43-41-39-37-35-33-31-22-20-18-16-14-12-10-8-6-4-2)54-86-70-66(84)63(81)68(58(52-75)88-70)91-72-67(85)64(82)69(59(53-76)89-72)90-71-65(83)62(80)61(79)57(51-74)87-71/h21,23,55-59,61-72,74-77,79-85H,3-20,22,24-54H2,1-2H3,(H,73,78)/b23-21-. The Bertz CT molecular complexity index is 1700. The highest BCUT2D eigenvalue weighted by Gasteiger charge is 2.53. The van der Waals surface area contributed by atoms with Gasteiger partial charge in [-0.2, -0.15) is 0 Å². The average Bonchev–Trinajstić information content (AvgIpc) is 0.885. The minimum absolute atomic E-state index is 0.236. The molecule has 3 saturated heterocycles. The van der Waals surface area contributed by atoms with Gasteiger partial charge in [-0.05, 0) is 38.5 Å². The summed E-state index contributed by atoms with van der Waals surface area (Å²) in [5.41, 5.74) is 0. The minimum atomic E-state index is -1.97. The fourth-order valence-corrected chi connectivity index (χ4v) is 13.0. The number of carbonyl (C=O) groups excluding carboxylic acids is 1. The van der Waals surface area contributed by atoms with E-state index in [0.717, 1.165) is 44.9 Å². The van der Waals surface area contributed by atoms with Crippen molar-refractivity contribution in [1.82, 2.24) is 5.32 Å². The Hall–Kier alpha value is -1.47. The van der Waals surface area contributed by atoms with Gasteiger partial charge in [-0.1, -0.05) is 276 Å².